The molecule has 0 unspecified atom stereocenters. The summed E-state index contributed by atoms with van der Waals surface area (Å²) in [5.74, 6) is 0. The van der Waals surface area contributed by atoms with Gasteiger partial charge in [-0.1, -0.05) is 48.0 Å². The van der Waals surface area contributed by atoms with Crippen LogP contribution in [-0.4, -0.2) is 0 Å². The average molecular weight is 257 g/mol. The van der Waals surface area contributed by atoms with Gasteiger partial charge in [0.2, 0.25) is 0 Å². The van der Waals surface area contributed by atoms with E-state index in [4.69, 9.17) is 5.26 Å². The molecule has 2 aromatic rings. The van der Waals surface area contributed by atoms with Gasteiger partial charge in [-0.3, -0.25) is 0 Å². The van der Waals surface area contributed by atoms with Gasteiger partial charge < -0.3 is 0 Å². The first kappa shape index (κ1) is 12.7. The normalized spacial score (nSPS) is 14.1. The summed E-state index contributed by atoms with van der Waals surface area (Å²) in [5.41, 5.74) is 5.65. The monoisotopic (exact) mass is 257 g/mol. The molecule has 0 aliphatic heterocycles. The molecule has 1 fully saturated rings. The summed E-state index contributed by atoms with van der Waals surface area (Å²) in [6, 6.07) is 20.4. The van der Waals surface area contributed by atoms with Crippen molar-refractivity contribution in [1.82, 2.24) is 0 Å². The molecule has 1 aliphatic rings. The molecule has 0 spiro atoms. The smallest absolute Gasteiger partial charge is 0.0991 e. The van der Waals surface area contributed by atoms with Gasteiger partial charge in [0, 0.05) is 0 Å². The van der Waals surface area contributed by atoms with E-state index in [0.29, 0.717) is 5.56 Å². The van der Waals surface area contributed by atoms with E-state index in [0.717, 1.165) is 12.8 Å². The molecule has 1 heteroatoms. The van der Waals surface area contributed by atoms with E-state index in [1.54, 1.807) is 0 Å². The van der Waals surface area contributed by atoms with Crippen LogP contribution in [0, 0.1) is 24.2 Å². The van der Waals surface area contributed by atoms with Crippen molar-refractivity contribution in [2.24, 2.45) is 0 Å². The maximum Gasteiger partial charge on any atom is 0.0991 e. The highest BCUT2D eigenvalue weighted by Gasteiger charge is 2.16. The van der Waals surface area contributed by atoms with Crippen LogP contribution in [0.2, 0.25) is 0 Å². The Labute approximate surface area is 120 Å². The van der Waals surface area contributed by atoms with Crippen molar-refractivity contribution >= 4 is 5.57 Å². The number of allylic oxidation sites excluding steroid dienone is 1. The standard InChI is InChI=1S/C19H15N/c20-14-15-10-12-18(13-11-15)19(17-8-4-5-9-17)16-6-2-1-3-7-16/h1-3,6-13H,4-5H2. The minimum absolute atomic E-state index is 0.700. The van der Waals surface area contributed by atoms with Crippen LogP contribution in [0.5, 0.6) is 0 Å². The van der Waals surface area contributed by atoms with Gasteiger partial charge in [0.1, 0.15) is 0 Å². The molecule has 1 nitrogen and oxygen atoms in total. The van der Waals surface area contributed by atoms with Crippen LogP contribution in [-0.2, 0) is 0 Å². The number of hydrogen-bond donors (Lipinski definition) is 0. The Morgan fingerprint density at radius 3 is 2.00 bits per heavy atom. The Morgan fingerprint density at radius 2 is 1.40 bits per heavy atom. The lowest BCUT2D eigenvalue weighted by atomic mass is 9.92. The minimum Gasteiger partial charge on any atom is -0.192 e. The van der Waals surface area contributed by atoms with Crippen molar-refractivity contribution < 1.29 is 0 Å². The highest BCUT2D eigenvalue weighted by Crippen LogP contribution is 2.34. The maximum absolute atomic E-state index is 8.92. The molecular weight excluding hydrogens is 242 g/mol. The summed E-state index contributed by atoms with van der Waals surface area (Å²) in [5, 5.41) is 8.92. The fraction of sp³-hybridized carbons (Fsp3) is 0.105. The van der Waals surface area contributed by atoms with Gasteiger partial charge in [0.25, 0.3) is 0 Å². The van der Waals surface area contributed by atoms with Crippen molar-refractivity contribution in [2.45, 2.75) is 12.8 Å². The lowest BCUT2D eigenvalue weighted by Gasteiger charge is -2.12. The van der Waals surface area contributed by atoms with Crippen molar-refractivity contribution in [3.63, 3.8) is 0 Å². The van der Waals surface area contributed by atoms with Crippen LogP contribution in [0.25, 0.3) is 5.57 Å². The van der Waals surface area contributed by atoms with Crippen LogP contribution in [0.4, 0.5) is 0 Å². The fourth-order valence-electron chi connectivity index (χ4n) is 2.58. The summed E-state index contributed by atoms with van der Waals surface area (Å²) < 4.78 is 0. The second-order valence-corrected chi connectivity index (χ2v) is 4.87. The van der Waals surface area contributed by atoms with E-state index in [9.17, 15) is 0 Å². The molecule has 2 aromatic carbocycles. The van der Waals surface area contributed by atoms with Crippen LogP contribution < -0.4 is 0 Å². The minimum atomic E-state index is 0.700. The molecule has 96 valence electrons. The molecular formula is C19H15N. The Hall–Kier alpha value is -2.33. The highest BCUT2D eigenvalue weighted by atomic mass is 14.2. The summed E-state index contributed by atoms with van der Waals surface area (Å²) >= 11 is 0. The Balaban J connectivity index is 2.11. The molecule has 0 amide bonds. The topological polar surface area (TPSA) is 23.8 Å². The summed E-state index contributed by atoms with van der Waals surface area (Å²) in [6.07, 6.45) is 6.81. The lowest BCUT2D eigenvalue weighted by Crippen LogP contribution is -1.93. The molecule has 0 N–H and O–H groups in total. The van der Waals surface area contributed by atoms with Gasteiger partial charge in [-0.15, -0.1) is 0 Å². The first-order valence-corrected chi connectivity index (χ1v) is 6.85. The van der Waals surface area contributed by atoms with Crippen molar-refractivity contribution in [3.8, 4) is 6.07 Å². The zero-order valence-electron chi connectivity index (χ0n) is 11.2. The van der Waals surface area contributed by atoms with Gasteiger partial charge in [0.15, 0.2) is 0 Å². The van der Waals surface area contributed by atoms with E-state index in [2.05, 4.69) is 43.2 Å². The maximum atomic E-state index is 8.92. The molecule has 2 radical (unpaired) electrons. The van der Waals surface area contributed by atoms with Gasteiger partial charge in [-0.05, 0) is 54.5 Å². The number of hydrogen-bond acceptors (Lipinski definition) is 1. The molecule has 0 heterocycles. The van der Waals surface area contributed by atoms with Crippen LogP contribution in [0.3, 0.4) is 0 Å². The zero-order valence-corrected chi connectivity index (χ0v) is 11.2. The molecule has 0 saturated heterocycles. The second kappa shape index (κ2) is 5.75. The van der Waals surface area contributed by atoms with Crippen LogP contribution in [0.15, 0.2) is 60.2 Å². The van der Waals surface area contributed by atoms with E-state index in [-0.39, 0.29) is 0 Å². The average Bonchev–Trinajstić information content (AvgIpc) is 3.03. The first-order chi connectivity index (χ1) is 9.88. The third-order valence-corrected chi connectivity index (χ3v) is 3.55. The van der Waals surface area contributed by atoms with Gasteiger partial charge in [-0.2, -0.15) is 5.26 Å². The third-order valence-electron chi connectivity index (χ3n) is 3.55. The molecule has 1 saturated carbocycles. The van der Waals surface area contributed by atoms with Crippen LogP contribution >= 0.6 is 0 Å². The van der Waals surface area contributed by atoms with E-state index < -0.39 is 0 Å². The third kappa shape index (κ3) is 2.51. The fourth-order valence-corrected chi connectivity index (χ4v) is 2.58. The highest BCUT2D eigenvalue weighted by molar-refractivity contribution is 5.84. The van der Waals surface area contributed by atoms with Crippen LogP contribution in [0.1, 0.15) is 29.5 Å². The Bertz CT molecular complexity index is 649. The Morgan fingerprint density at radius 1 is 0.800 bits per heavy atom. The largest absolute Gasteiger partial charge is 0.192 e. The number of rotatable bonds is 2. The Kier molecular flexibility index (Phi) is 3.65. The van der Waals surface area contributed by atoms with Crippen molar-refractivity contribution in [3.05, 3.63) is 89.7 Å². The van der Waals surface area contributed by atoms with E-state index in [1.807, 2.05) is 30.3 Å². The zero-order chi connectivity index (χ0) is 13.8. The van der Waals surface area contributed by atoms with Crippen molar-refractivity contribution in [2.75, 3.05) is 0 Å². The van der Waals surface area contributed by atoms with Gasteiger partial charge >= 0.3 is 0 Å². The molecule has 1 aliphatic carbocycles. The first-order valence-electron chi connectivity index (χ1n) is 6.85. The molecule has 20 heavy (non-hydrogen) atoms. The molecule has 3 rings (SSSR count). The molecule has 0 atom stereocenters. The van der Waals surface area contributed by atoms with Gasteiger partial charge in [-0.25, -0.2) is 0 Å². The molecule has 0 aromatic heterocycles. The molecule has 0 bridgehead atoms. The predicted molar refractivity (Wildman–Crippen MR) is 81.5 cm³/mol. The number of benzene rings is 2. The summed E-state index contributed by atoms with van der Waals surface area (Å²) in [7, 11) is 0. The van der Waals surface area contributed by atoms with E-state index >= 15 is 0 Å². The second-order valence-electron chi connectivity index (χ2n) is 4.87. The predicted octanol–water partition coefficient (Wildman–Crippen LogP) is 4.56. The van der Waals surface area contributed by atoms with E-state index in [1.165, 1.54) is 22.3 Å². The SMILES string of the molecule is N#Cc1ccc(C(=C2[CH]CC[CH]2)c2ccccc2)cc1. The number of nitrogens with zero attached hydrogens (tertiary/aromatic N) is 1. The quantitative estimate of drug-likeness (QED) is 0.773. The summed E-state index contributed by atoms with van der Waals surface area (Å²) in [6.45, 7) is 0. The number of nitriles is 1. The lowest BCUT2D eigenvalue weighted by molar-refractivity contribution is 1.05. The van der Waals surface area contributed by atoms with Gasteiger partial charge in [0.05, 0.1) is 11.6 Å². The van der Waals surface area contributed by atoms with Crippen molar-refractivity contribution in [1.29, 1.82) is 5.26 Å². The summed E-state index contributed by atoms with van der Waals surface area (Å²) in [4.78, 5) is 0.